The molecule has 2 atom stereocenters. The molecular formula is C14H25N5O3S. The van der Waals surface area contributed by atoms with E-state index in [-0.39, 0.29) is 23.1 Å². The van der Waals surface area contributed by atoms with Crippen LogP contribution in [-0.2, 0) is 19.9 Å². The van der Waals surface area contributed by atoms with Gasteiger partial charge in [0.25, 0.3) is 0 Å². The summed E-state index contributed by atoms with van der Waals surface area (Å²) in [5.74, 6) is -0.567. The minimum atomic E-state index is -0.642. The number of tetrazole rings is 1. The third-order valence-corrected chi connectivity index (χ3v) is 4.31. The van der Waals surface area contributed by atoms with Crippen LogP contribution in [0.1, 0.15) is 41.0 Å². The number of esters is 1. The highest BCUT2D eigenvalue weighted by atomic mass is 32.2. The summed E-state index contributed by atoms with van der Waals surface area (Å²) in [6.07, 6.45) is 0.759. The van der Waals surface area contributed by atoms with Gasteiger partial charge in [-0.25, -0.2) is 9.48 Å². The van der Waals surface area contributed by atoms with Crippen LogP contribution in [0.3, 0.4) is 0 Å². The van der Waals surface area contributed by atoms with Gasteiger partial charge in [0.1, 0.15) is 6.04 Å². The monoisotopic (exact) mass is 343 g/mol. The number of nitrogens with one attached hydrogen (secondary N) is 1. The summed E-state index contributed by atoms with van der Waals surface area (Å²) in [4.78, 5) is 23.9. The third kappa shape index (κ3) is 5.49. The molecule has 0 aliphatic carbocycles. The molecule has 1 N–H and O–H groups in total. The Morgan fingerprint density at radius 3 is 2.57 bits per heavy atom. The lowest BCUT2D eigenvalue weighted by Gasteiger charge is -2.22. The molecule has 1 aromatic rings. The molecule has 0 aliphatic heterocycles. The molecule has 0 fully saturated rings. The number of methoxy groups -OCH3 is 1. The second kappa shape index (κ2) is 8.28. The number of nitrogens with zero attached hydrogens (tertiary/aromatic N) is 4. The highest BCUT2D eigenvalue weighted by molar-refractivity contribution is 7.99. The molecule has 0 spiro atoms. The lowest BCUT2D eigenvalue weighted by Crippen LogP contribution is -2.46. The van der Waals surface area contributed by atoms with E-state index in [1.165, 1.54) is 18.9 Å². The summed E-state index contributed by atoms with van der Waals surface area (Å²) in [5.41, 5.74) is -0.270. The molecule has 9 heteroatoms. The van der Waals surface area contributed by atoms with Crippen LogP contribution >= 0.6 is 11.8 Å². The van der Waals surface area contributed by atoms with Gasteiger partial charge in [-0.05, 0) is 37.1 Å². The van der Waals surface area contributed by atoms with Crippen LogP contribution < -0.4 is 5.32 Å². The molecule has 1 rings (SSSR count). The van der Waals surface area contributed by atoms with Gasteiger partial charge in [-0.15, -0.1) is 5.10 Å². The molecule has 0 radical (unpaired) electrons. The van der Waals surface area contributed by atoms with Gasteiger partial charge >= 0.3 is 5.97 Å². The van der Waals surface area contributed by atoms with Gasteiger partial charge in [0, 0.05) is 0 Å². The number of carbonyl (C=O) groups is 2. The van der Waals surface area contributed by atoms with Crippen molar-refractivity contribution in [2.75, 3.05) is 12.9 Å². The number of rotatable bonds is 7. The number of aromatic nitrogens is 4. The molecule has 2 unspecified atom stereocenters. The summed E-state index contributed by atoms with van der Waals surface area (Å²) in [5, 5.41) is 14.8. The number of carbonyl (C=O) groups excluding carboxylic acids is 2. The molecule has 0 aromatic carbocycles. The summed E-state index contributed by atoms with van der Waals surface area (Å²) in [6, 6.07) is -0.642. The number of ether oxygens (including phenoxy) is 1. The van der Waals surface area contributed by atoms with Crippen molar-refractivity contribution >= 4 is 23.6 Å². The van der Waals surface area contributed by atoms with Crippen LogP contribution in [0.25, 0.3) is 0 Å². The molecule has 8 nitrogen and oxygen atoms in total. The lowest BCUT2D eigenvalue weighted by atomic mass is 9.99. The zero-order valence-electron chi connectivity index (χ0n) is 14.5. The van der Waals surface area contributed by atoms with Gasteiger partial charge in [-0.2, -0.15) is 0 Å². The smallest absolute Gasteiger partial charge is 0.328 e. The van der Waals surface area contributed by atoms with E-state index in [1.807, 2.05) is 34.6 Å². The predicted octanol–water partition coefficient (Wildman–Crippen LogP) is 1.22. The van der Waals surface area contributed by atoms with Crippen LogP contribution in [0, 0.1) is 5.92 Å². The summed E-state index contributed by atoms with van der Waals surface area (Å²) in [7, 11) is 1.32. The van der Waals surface area contributed by atoms with E-state index in [9.17, 15) is 9.59 Å². The van der Waals surface area contributed by atoms with Crippen LogP contribution in [0.5, 0.6) is 0 Å². The Morgan fingerprint density at radius 1 is 1.39 bits per heavy atom. The van der Waals surface area contributed by atoms with E-state index in [0.717, 1.165) is 6.42 Å². The Kier molecular flexibility index (Phi) is 6.99. The average molecular weight is 343 g/mol. The first-order valence-corrected chi connectivity index (χ1v) is 8.48. The van der Waals surface area contributed by atoms with Gasteiger partial charge < -0.3 is 10.1 Å². The van der Waals surface area contributed by atoms with Gasteiger partial charge in [0.05, 0.1) is 18.4 Å². The van der Waals surface area contributed by atoms with Crippen LogP contribution in [0.15, 0.2) is 5.16 Å². The van der Waals surface area contributed by atoms with E-state index < -0.39 is 12.0 Å². The fourth-order valence-corrected chi connectivity index (χ4v) is 2.70. The number of amides is 1. The van der Waals surface area contributed by atoms with Gasteiger partial charge in [0.2, 0.25) is 11.1 Å². The fourth-order valence-electron chi connectivity index (χ4n) is 1.83. The topological polar surface area (TPSA) is 99.0 Å². The zero-order valence-corrected chi connectivity index (χ0v) is 15.3. The lowest BCUT2D eigenvalue weighted by molar-refractivity contribution is -0.146. The third-order valence-electron chi connectivity index (χ3n) is 3.39. The minimum Gasteiger partial charge on any atom is -0.467 e. The quantitative estimate of drug-likeness (QED) is 0.587. The van der Waals surface area contributed by atoms with Crippen molar-refractivity contribution in [1.82, 2.24) is 25.5 Å². The molecule has 130 valence electrons. The number of hydrogen-bond acceptors (Lipinski definition) is 7. The standard InChI is InChI=1S/C14H25N5O3S/c1-7-9(2)11(12(21)22-6)15-10(20)8-23-13-16-17-18-19(13)14(3,4)5/h9,11H,7-8H2,1-6H3,(H,15,20). The first-order valence-electron chi connectivity index (χ1n) is 7.49. The van der Waals surface area contributed by atoms with Gasteiger partial charge in [-0.3, -0.25) is 4.79 Å². The van der Waals surface area contributed by atoms with Crippen molar-refractivity contribution in [1.29, 1.82) is 0 Å². The Morgan fingerprint density at radius 2 is 2.04 bits per heavy atom. The molecular weight excluding hydrogens is 318 g/mol. The molecule has 0 bridgehead atoms. The van der Waals surface area contributed by atoms with Gasteiger partial charge in [0.15, 0.2) is 0 Å². The predicted molar refractivity (Wildman–Crippen MR) is 86.9 cm³/mol. The fraction of sp³-hybridized carbons (Fsp3) is 0.786. The van der Waals surface area contributed by atoms with E-state index in [2.05, 4.69) is 20.8 Å². The van der Waals surface area contributed by atoms with E-state index in [4.69, 9.17) is 4.74 Å². The second-order valence-electron chi connectivity index (χ2n) is 6.29. The second-order valence-corrected chi connectivity index (χ2v) is 7.23. The Bertz CT molecular complexity index is 541. The van der Waals surface area contributed by atoms with Crippen molar-refractivity contribution in [3.8, 4) is 0 Å². The first kappa shape index (κ1) is 19.4. The highest BCUT2D eigenvalue weighted by Crippen LogP contribution is 2.21. The number of thioether (sulfide) groups is 1. The van der Waals surface area contributed by atoms with Crippen LogP contribution in [-0.4, -0.2) is 51.0 Å². The van der Waals surface area contributed by atoms with Crippen LogP contribution in [0.2, 0.25) is 0 Å². The molecule has 1 heterocycles. The SMILES string of the molecule is CCC(C)C(NC(=O)CSc1nnnn1C(C)(C)C)C(=O)OC. The average Bonchev–Trinajstić information content (AvgIpc) is 2.97. The van der Waals surface area contributed by atoms with Gasteiger partial charge in [-0.1, -0.05) is 32.0 Å². The molecule has 1 amide bonds. The molecule has 1 aromatic heterocycles. The molecule has 0 aliphatic rings. The Labute approximate surface area is 140 Å². The maximum atomic E-state index is 12.1. The van der Waals surface area contributed by atoms with Crippen LogP contribution in [0.4, 0.5) is 0 Å². The van der Waals surface area contributed by atoms with E-state index >= 15 is 0 Å². The molecule has 0 saturated carbocycles. The van der Waals surface area contributed by atoms with Crippen molar-refractivity contribution in [2.24, 2.45) is 5.92 Å². The normalized spacial score (nSPS) is 14.2. The summed E-state index contributed by atoms with van der Waals surface area (Å²) < 4.78 is 6.42. The highest BCUT2D eigenvalue weighted by Gasteiger charge is 2.27. The van der Waals surface area contributed by atoms with E-state index in [0.29, 0.717) is 5.16 Å². The Balaban J connectivity index is 2.66. The Hall–Kier alpha value is -1.64. The summed E-state index contributed by atoms with van der Waals surface area (Å²) >= 11 is 1.23. The van der Waals surface area contributed by atoms with Crippen molar-refractivity contribution in [3.63, 3.8) is 0 Å². The summed E-state index contributed by atoms with van der Waals surface area (Å²) in [6.45, 7) is 9.78. The maximum Gasteiger partial charge on any atom is 0.328 e. The first-order chi connectivity index (χ1) is 10.7. The largest absolute Gasteiger partial charge is 0.467 e. The molecule has 0 saturated heterocycles. The van der Waals surface area contributed by atoms with E-state index in [1.54, 1.807) is 4.68 Å². The zero-order chi connectivity index (χ0) is 17.6. The van der Waals surface area contributed by atoms with Crippen molar-refractivity contribution in [2.45, 2.75) is 57.8 Å². The number of hydrogen-bond donors (Lipinski definition) is 1. The minimum absolute atomic E-state index is 0.00343. The maximum absolute atomic E-state index is 12.1. The molecule has 23 heavy (non-hydrogen) atoms. The van der Waals surface area contributed by atoms with Crippen molar-refractivity contribution in [3.05, 3.63) is 0 Å². The van der Waals surface area contributed by atoms with Crippen molar-refractivity contribution < 1.29 is 14.3 Å².